The molecule has 0 radical (unpaired) electrons. The fraction of sp³-hybridized carbons (Fsp3) is 0.273. The van der Waals surface area contributed by atoms with Gasteiger partial charge in [-0.05, 0) is 37.6 Å². The van der Waals surface area contributed by atoms with Crippen LogP contribution in [0.1, 0.15) is 23.5 Å². The lowest BCUT2D eigenvalue weighted by Gasteiger charge is -1.99. The van der Waals surface area contributed by atoms with Gasteiger partial charge in [0.25, 0.3) is 0 Å². The summed E-state index contributed by atoms with van der Waals surface area (Å²) in [5, 5.41) is 9.60. The molecule has 0 aliphatic carbocycles. The van der Waals surface area contributed by atoms with Crippen LogP contribution < -0.4 is 5.73 Å². The van der Waals surface area contributed by atoms with Crippen LogP contribution in [0.2, 0.25) is 0 Å². The van der Waals surface area contributed by atoms with Gasteiger partial charge in [-0.1, -0.05) is 11.3 Å². The Labute approximate surface area is 97.1 Å². The molecule has 16 heavy (non-hydrogen) atoms. The number of nitrogens with two attached hydrogens (primary N) is 1. The third-order valence-corrected chi connectivity index (χ3v) is 3.41. The summed E-state index contributed by atoms with van der Waals surface area (Å²) in [4.78, 5) is 0. The Balaban J connectivity index is 2.39. The highest BCUT2D eigenvalue weighted by molar-refractivity contribution is 7.14. The summed E-state index contributed by atoms with van der Waals surface area (Å²) in [6, 6.07) is 4.79. The Morgan fingerprint density at radius 3 is 2.69 bits per heavy atom. The van der Waals surface area contributed by atoms with Crippen molar-refractivity contribution in [2.45, 2.75) is 19.9 Å². The van der Waals surface area contributed by atoms with Crippen molar-refractivity contribution in [3.63, 3.8) is 0 Å². The summed E-state index contributed by atoms with van der Waals surface area (Å²) in [6.45, 7) is 3.59. The molecule has 0 spiro atoms. The van der Waals surface area contributed by atoms with Crippen molar-refractivity contribution in [2.24, 2.45) is 5.73 Å². The number of rotatable bonds is 2. The number of halogens is 1. The van der Waals surface area contributed by atoms with Crippen LogP contribution in [0.15, 0.2) is 18.2 Å². The smallest absolute Gasteiger partial charge is 0.147 e. The molecule has 0 saturated heterocycles. The molecular formula is C11H12FN3S. The maximum absolute atomic E-state index is 13.1. The van der Waals surface area contributed by atoms with Crippen LogP contribution in [-0.2, 0) is 0 Å². The lowest BCUT2D eigenvalue weighted by molar-refractivity contribution is 0.619. The van der Waals surface area contributed by atoms with Crippen LogP contribution in [0, 0.1) is 12.7 Å². The summed E-state index contributed by atoms with van der Waals surface area (Å²) < 4.78 is 13.1. The third-order valence-electron chi connectivity index (χ3n) is 2.24. The average molecular weight is 237 g/mol. The van der Waals surface area contributed by atoms with E-state index in [1.54, 1.807) is 19.1 Å². The summed E-state index contributed by atoms with van der Waals surface area (Å²) in [5.74, 6) is -0.208. The standard InChI is InChI=1S/C11H12FN3S/c1-6-5-8(3-4-9(6)12)11-15-14-10(16-11)7(2)13/h3-5,7H,13H2,1-2H3. The monoisotopic (exact) mass is 237 g/mol. The first kappa shape index (κ1) is 11.2. The highest BCUT2D eigenvalue weighted by atomic mass is 32.1. The largest absolute Gasteiger partial charge is 0.322 e. The molecule has 0 aliphatic rings. The maximum atomic E-state index is 13.1. The van der Waals surface area contributed by atoms with E-state index >= 15 is 0 Å². The predicted molar refractivity (Wildman–Crippen MR) is 62.6 cm³/mol. The Morgan fingerprint density at radius 2 is 2.12 bits per heavy atom. The molecule has 0 fully saturated rings. The fourth-order valence-electron chi connectivity index (χ4n) is 1.31. The van der Waals surface area contributed by atoms with E-state index in [0.717, 1.165) is 15.6 Å². The molecule has 1 aromatic heterocycles. The second kappa shape index (κ2) is 4.27. The number of aryl methyl sites for hydroxylation is 1. The highest BCUT2D eigenvalue weighted by Crippen LogP contribution is 2.27. The predicted octanol–water partition coefficient (Wildman–Crippen LogP) is 2.67. The number of hydrogen-bond acceptors (Lipinski definition) is 4. The van der Waals surface area contributed by atoms with Crippen LogP contribution in [0.3, 0.4) is 0 Å². The minimum Gasteiger partial charge on any atom is -0.322 e. The molecule has 1 heterocycles. The first-order chi connectivity index (χ1) is 7.58. The van der Waals surface area contributed by atoms with Crippen LogP contribution >= 0.6 is 11.3 Å². The third kappa shape index (κ3) is 2.10. The van der Waals surface area contributed by atoms with Crippen molar-refractivity contribution < 1.29 is 4.39 Å². The van der Waals surface area contributed by atoms with Crippen molar-refractivity contribution in [3.8, 4) is 10.6 Å². The van der Waals surface area contributed by atoms with Crippen LogP contribution in [-0.4, -0.2) is 10.2 Å². The van der Waals surface area contributed by atoms with Gasteiger partial charge in [0.1, 0.15) is 15.8 Å². The molecule has 0 saturated carbocycles. The molecule has 84 valence electrons. The lowest BCUT2D eigenvalue weighted by atomic mass is 10.1. The van der Waals surface area contributed by atoms with Crippen molar-refractivity contribution in [1.82, 2.24) is 10.2 Å². The van der Waals surface area contributed by atoms with E-state index in [2.05, 4.69) is 10.2 Å². The molecule has 0 bridgehead atoms. The number of nitrogens with zero attached hydrogens (tertiary/aromatic N) is 2. The normalized spacial score (nSPS) is 12.8. The van der Waals surface area contributed by atoms with Gasteiger partial charge in [-0.15, -0.1) is 10.2 Å². The van der Waals surface area contributed by atoms with Crippen molar-refractivity contribution in [3.05, 3.63) is 34.6 Å². The molecule has 5 heteroatoms. The molecule has 2 aromatic rings. The Bertz CT molecular complexity index is 508. The zero-order valence-corrected chi connectivity index (χ0v) is 9.88. The van der Waals surface area contributed by atoms with E-state index in [1.165, 1.54) is 17.4 Å². The Morgan fingerprint density at radius 1 is 1.38 bits per heavy atom. The maximum Gasteiger partial charge on any atom is 0.147 e. The van der Waals surface area contributed by atoms with Crippen molar-refractivity contribution >= 4 is 11.3 Å². The molecular weight excluding hydrogens is 225 g/mol. The molecule has 1 aromatic carbocycles. The highest BCUT2D eigenvalue weighted by Gasteiger charge is 2.10. The van der Waals surface area contributed by atoms with Gasteiger partial charge < -0.3 is 5.73 Å². The second-order valence-corrected chi connectivity index (χ2v) is 4.71. The van der Waals surface area contributed by atoms with E-state index in [1.807, 2.05) is 6.92 Å². The van der Waals surface area contributed by atoms with E-state index in [0.29, 0.717) is 5.56 Å². The van der Waals surface area contributed by atoms with E-state index in [4.69, 9.17) is 5.73 Å². The SMILES string of the molecule is Cc1cc(-c2nnc(C(C)N)s2)ccc1F. The van der Waals surface area contributed by atoms with Crippen LogP contribution in [0.4, 0.5) is 4.39 Å². The minimum absolute atomic E-state index is 0.118. The van der Waals surface area contributed by atoms with Crippen molar-refractivity contribution in [1.29, 1.82) is 0 Å². The van der Waals surface area contributed by atoms with Gasteiger partial charge in [0.05, 0.1) is 6.04 Å². The summed E-state index contributed by atoms with van der Waals surface area (Å²) >= 11 is 1.44. The van der Waals surface area contributed by atoms with Gasteiger partial charge in [-0.25, -0.2) is 4.39 Å². The topological polar surface area (TPSA) is 51.8 Å². The molecule has 2 N–H and O–H groups in total. The fourth-order valence-corrected chi connectivity index (χ4v) is 2.11. The Hall–Kier alpha value is -1.33. The molecule has 2 rings (SSSR count). The summed E-state index contributed by atoms with van der Waals surface area (Å²) in [5.41, 5.74) is 7.19. The van der Waals surface area contributed by atoms with Crippen LogP contribution in [0.25, 0.3) is 10.6 Å². The molecule has 3 nitrogen and oxygen atoms in total. The molecule has 0 amide bonds. The first-order valence-corrected chi connectivity index (χ1v) is 5.75. The number of hydrogen-bond donors (Lipinski definition) is 1. The van der Waals surface area contributed by atoms with Gasteiger partial charge in [0.2, 0.25) is 0 Å². The molecule has 1 unspecified atom stereocenters. The minimum atomic E-state index is -0.208. The second-order valence-electron chi connectivity index (χ2n) is 3.70. The molecule has 1 atom stereocenters. The molecule has 0 aliphatic heterocycles. The lowest BCUT2D eigenvalue weighted by Crippen LogP contribution is -2.03. The van der Waals surface area contributed by atoms with Gasteiger partial charge in [0, 0.05) is 5.56 Å². The van der Waals surface area contributed by atoms with Gasteiger partial charge in [-0.3, -0.25) is 0 Å². The number of benzene rings is 1. The quantitative estimate of drug-likeness (QED) is 0.873. The van der Waals surface area contributed by atoms with Crippen LogP contribution in [0.5, 0.6) is 0 Å². The van der Waals surface area contributed by atoms with E-state index in [9.17, 15) is 4.39 Å². The zero-order valence-electron chi connectivity index (χ0n) is 9.07. The van der Waals surface area contributed by atoms with E-state index in [-0.39, 0.29) is 11.9 Å². The van der Waals surface area contributed by atoms with E-state index < -0.39 is 0 Å². The van der Waals surface area contributed by atoms with Gasteiger partial charge in [0.15, 0.2) is 0 Å². The average Bonchev–Trinajstić information content (AvgIpc) is 2.71. The summed E-state index contributed by atoms with van der Waals surface area (Å²) in [6.07, 6.45) is 0. The zero-order chi connectivity index (χ0) is 11.7. The summed E-state index contributed by atoms with van der Waals surface area (Å²) in [7, 11) is 0. The number of aromatic nitrogens is 2. The van der Waals surface area contributed by atoms with Gasteiger partial charge >= 0.3 is 0 Å². The Kier molecular flexibility index (Phi) is 2.98. The van der Waals surface area contributed by atoms with Crippen molar-refractivity contribution in [2.75, 3.05) is 0 Å². The van der Waals surface area contributed by atoms with Gasteiger partial charge in [-0.2, -0.15) is 0 Å². The first-order valence-electron chi connectivity index (χ1n) is 4.93.